The van der Waals surface area contributed by atoms with Gasteiger partial charge in [-0.15, -0.1) is 0 Å². The van der Waals surface area contributed by atoms with Crippen LogP contribution < -0.4 is 10.1 Å². The third-order valence-electron chi connectivity index (χ3n) is 6.10. The molecule has 2 saturated heterocycles. The Morgan fingerprint density at radius 2 is 1.78 bits per heavy atom. The molecule has 2 fully saturated rings. The molecule has 0 aromatic heterocycles. The summed E-state index contributed by atoms with van der Waals surface area (Å²) in [5.41, 5.74) is 0.0274. The summed E-state index contributed by atoms with van der Waals surface area (Å²) in [6, 6.07) is 13.1. The monoisotopic (exact) mass is 457 g/mol. The van der Waals surface area contributed by atoms with Crippen molar-refractivity contribution in [3.63, 3.8) is 0 Å². The van der Waals surface area contributed by atoms with Crippen LogP contribution in [0.15, 0.2) is 53.4 Å². The second kappa shape index (κ2) is 7.88. The zero-order valence-electron chi connectivity index (χ0n) is 17.3. The number of hydrogen-bond donors (Lipinski definition) is 1. The number of rotatable bonds is 4. The Bertz CT molecular complexity index is 1180. The summed E-state index contributed by atoms with van der Waals surface area (Å²) < 4.78 is 38.2. The molecule has 5 rings (SSSR count). The molecule has 1 atom stereocenters. The Morgan fingerprint density at radius 1 is 1.00 bits per heavy atom. The highest BCUT2D eigenvalue weighted by Gasteiger charge is 2.54. The molecule has 3 amide bonds. The highest BCUT2D eigenvalue weighted by atomic mass is 32.2. The van der Waals surface area contributed by atoms with E-state index in [0.29, 0.717) is 56.2 Å². The van der Waals surface area contributed by atoms with Crippen LogP contribution in [0.25, 0.3) is 0 Å². The van der Waals surface area contributed by atoms with Gasteiger partial charge in [0, 0.05) is 25.1 Å². The van der Waals surface area contributed by atoms with Gasteiger partial charge in [-0.2, -0.15) is 4.31 Å². The molecule has 10 heteroatoms. The van der Waals surface area contributed by atoms with Crippen LogP contribution in [-0.2, 0) is 31.6 Å². The van der Waals surface area contributed by atoms with Gasteiger partial charge in [-0.1, -0.05) is 30.3 Å². The van der Waals surface area contributed by atoms with Gasteiger partial charge in [0.15, 0.2) is 5.54 Å². The van der Waals surface area contributed by atoms with Gasteiger partial charge < -0.3 is 14.8 Å². The van der Waals surface area contributed by atoms with Gasteiger partial charge in [-0.25, -0.2) is 13.2 Å². The first kappa shape index (κ1) is 20.9. The average Bonchev–Trinajstić information content (AvgIpc) is 3.05. The number of urea groups is 1. The van der Waals surface area contributed by atoms with Crippen LogP contribution in [-0.4, -0.2) is 62.5 Å². The second-order valence-electron chi connectivity index (χ2n) is 7.99. The van der Waals surface area contributed by atoms with Crippen molar-refractivity contribution in [2.24, 2.45) is 0 Å². The Hall–Kier alpha value is -2.95. The second-order valence-corrected chi connectivity index (χ2v) is 9.92. The number of ether oxygens (including phenoxy) is 2. The number of fused-ring (bicyclic) bond motifs is 2. The molecule has 3 aliphatic rings. The minimum Gasteiger partial charge on any atom is -0.493 e. The van der Waals surface area contributed by atoms with E-state index in [-0.39, 0.29) is 17.3 Å². The van der Waals surface area contributed by atoms with E-state index in [2.05, 4.69) is 5.32 Å². The molecule has 3 aliphatic heterocycles. The Morgan fingerprint density at radius 3 is 2.59 bits per heavy atom. The van der Waals surface area contributed by atoms with E-state index in [1.54, 1.807) is 30.3 Å². The number of carbonyl (C=O) groups excluding carboxylic acids is 2. The smallest absolute Gasteiger partial charge is 0.325 e. The molecule has 0 unspecified atom stereocenters. The SMILES string of the molecule is O=C1N[C@]2(CCOc3ccccc32)C(=O)N1Cc1cccc(S(=O)(=O)N2CCOCC2)c1. The number of para-hydroxylation sites is 1. The van der Waals surface area contributed by atoms with Crippen molar-refractivity contribution >= 4 is 22.0 Å². The van der Waals surface area contributed by atoms with Crippen LogP contribution in [0.2, 0.25) is 0 Å². The first-order valence-corrected chi connectivity index (χ1v) is 11.9. The predicted molar refractivity (Wildman–Crippen MR) is 113 cm³/mol. The van der Waals surface area contributed by atoms with Crippen molar-refractivity contribution in [1.82, 2.24) is 14.5 Å². The molecule has 3 heterocycles. The van der Waals surface area contributed by atoms with Crippen molar-refractivity contribution in [2.75, 3.05) is 32.9 Å². The summed E-state index contributed by atoms with van der Waals surface area (Å²) in [5, 5.41) is 2.86. The summed E-state index contributed by atoms with van der Waals surface area (Å²) in [5.74, 6) is 0.215. The number of sulfonamides is 1. The Labute approximate surface area is 186 Å². The van der Waals surface area contributed by atoms with Gasteiger partial charge in [0.05, 0.1) is 31.3 Å². The lowest BCUT2D eigenvalue weighted by Gasteiger charge is -2.33. The van der Waals surface area contributed by atoms with Crippen molar-refractivity contribution in [1.29, 1.82) is 0 Å². The Kier molecular flexibility index (Phi) is 5.15. The minimum atomic E-state index is -3.68. The number of imide groups is 1. The van der Waals surface area contributed by atoms with Crippen LogP contribution in [0.5, 0.6) is 5.75 Å². The number of nitrogens with zero attached hydrogens (tertiary/aromatic N) is 2. The van der Waals surface area contributed by atoms with Crippen molar-refractivity contribution in [2.45, 2.75) is 23.4 Å². The van der Waals surface area contributed by atoms with Crippen LogP contribution in [0.3, 0.4) is 0 Å². The number of benzene rings is 2. The molecule has 1 spiro atoms. The van der Waals surface area contributed by atoms with Gasteiger partial charge >= 0.3 is 6.03 Å². The predicted octanol–water partition coefficient (Wildman–Crippen LogP) is 1.44. The molecule has 0 aliphatic carbocycles. The molecule has 2 aromatic carbocycles. The fourth-order valence-electron chi connectivity index (χ4n) is 4.44. The van der Waals surface area contributed by atoms with Crippen molar-refractivity contribution in [3.05, 3.63) is 59.7 Å². The first-order chi connectivity index (χ1) is 15.4. The molecular weight excluding hydrogens is 434 g/mol. The first-order valence-electron chi connectivity index (χ1n) is 10.5. The number of amides is 3. The maximum absolute atomic E-state index is 13.4. The molecular formula is C22H23N3O6S. The molecule has 32 heavy (non-hydrogen) atoms. The molecule has 168 valence electrons. The average molecular weight is 458 g/mol. The van der Waals surface area contributed by atoms with Crippen LogP contribution in [0.4, 0.5) is 4.79 Å². The topological polar surface area (TPSA) is 105 Å². The van der Waals surface area contributed by atoms with E-state index in [9.17, 15) is 18.0 Å². The maximum Gasteiger partial charge on any atom is 0.325 e. The highest BCUT2D eigenvalue weighted by Crippen LogP contribution is 2.41. The Balaban J connectivity index is 1.42. The lowest BCUT2D eigenvalue weighted by atomic mass is 9.84. The fourth-order valence-corrected chi connectivity index (χ4v) is 5.92. The maximum atomic E-state index is 13.4. The number of nitrogens with one attached hydrogen (secondary N) is 1. The van der Waals surface area contributed by atoms with Gasteiger partial charge in [0.2, 0.25) is 10.0 Å². The molecule has 2 aromatic rings. The molecule has 9 nitrogen and oxygen atoms in total. The van der Waals surface area contributed by atoms with E-state index >= 15 is 0 Å². The summed E-state index contributed by atoms with van der Waals surface area (Å²) >= 11 is 0. The van der Waals surface area contributed by atoms with Gasteiger partial charge in [-0.05, 0) is 23.8 Å². The quantitative estimate of drug-likeness (QED) is 0.697. The van der Waals surface area contributed by atoms with Crippen LogP contribution in [0, 0.1) is 0 Å². The van der Waals surface area contributed by atoms with Gasteiger partial charge in [0.1, 0.15) is 5.75 Å². The summed E-state index contributed by atoms with van der Waals surface area (Å²) in [6.45, 7) is 1.59. The lowest BCUT2D eigenvalue weighted by Crippen LogP contribution is -2.47. The number of carbonyl (C=O) groups is 2. The molecule has 0 saturated carbocycles. The number of hydrogen-bond acceptors (Lipinski definition) is 6. The third kappa shape index (κ3) is 3.35. The van der Waals surface area contributed by atoms with Gasteiger partial charge in [0.25, 0.3) is 5.91 Å². The standard InChI is InChI=1S/C22H23N3O6S/c26-20-22(8-11-31-19-7-2-1-6-18(19)22)23-21(27)25(20)15-16-4-3-5-17(14-16)32(28,29)24-9-12-30-13-10-24/h1-7,14H,8-13,15H2,(H,23,27)/t22-/m0/s1. The molecule has 1 N–H and O–H groups in total. The zero-order chi connectivity index (χ0) is 22.3. The third-order valence-corrected chi connectivity index (χ3v) is 8.00. The summed E-state index contributed by atoms with van der Waals surface area (Å²) in [7, 11) is -3.68. The molecule has 0 radical (unpaired) electrons. The van der Waals surface area contributed by atoms with Crippen molar-refractivity contribution < 1.29 is 27.5 Å². The van der Waals surface area contributed by atoms with E-state index < -0.39 is 21.6 Å². The largest absolute Gasteiger partial charge is 0.493 e. The number of morpholine rings is 1. The van der Waals surface area contributed by atoms with Gasteiger partial charge in [-0.3, -0.25) is 9.69 Å². The van der Waals surface area contributed by atoms with Crippen molar-refractivity contribution in [3.8, 4) is 5.75 Å². The fraction of sp³-hybridized carbons (Fsp3) is 0.364. The van der Waals surface area contributed by atoms with E-state index in [4.69, 9.17) is 9.47 Å². The van der Waals surface area contributed by atoms with E-state index in [1.807, 2.05) is 6.07 Å². The van der Waals surface area contributed by atoms with Crippen LogP contribution >= 0.6 is 0 Å². The lowest BCUT2D eigenvalue weighted by molar-refractivity contribution is -0.133. The van der Waals surface area contributed by atoms with Crippen LogP contribution in [0.1, 0.15) is 17.5 Å². The minimum absolute atomic E-state index is 0.0259. The zero-order valence-corrected chi connectivity index (χ0v) is 18.1. The molecule has 0 bridgehead atoms. The summed E-state index contributed by atoms with van der Waals surface area (Å²) in [6.07, 6.45) is 0.330. The normalized spacial score (nSPS) is 23.7. The highest BCUT2D eigenvalue weighted by molar-refractivity contribution is 7.89. The van der Waals surface area contributed by atoms with E-state index in [1.165, 1.54) is 16.4 Å². The summed E-state index contributed by atoms with van der Waals surface area (Å²) in [4.78, 5) is 27.5. The van der Waals surface area contributed by atoms with E-state index in [0.717, 1.165) is 4.90 Å².